The van der Waals surface area contributed by atoms with E-state index in [4.69, 9.17) is 10.00 Å². The molecular formula is C18H15N5O3S. The number of hydrogen-bond acceptors (Lipinski definition) is 7. The van der Waals surface area contributed by atoms with Gasteiger partial charge in [-0.15, -0.1) is 16.4 Å². The van der Waals surface area contributed by atoms with Gasteiger partial charge in [-0.3, -0.25) is 4.79 Å². The molecule has 0 unspecified atom stereocenters. The minimum absolute atomic E-state index is 0.0168. The summed E-state index contributed by atoms with van der Waals surface area (Å²) in [7, 11) is 0. The van der Waals surface area contributed by atoms with Crippen molar-refractivity contribution in [3.8, 4) is 16.5 Å². The smallest absolute Gasteiger partial charge is 0.350 e. The highest BCUT2D eigenvalue weighted by Gasteiger charge is 2.20. The first-order valence-corrected chi connectivity index (χ1v) is 8.88. The summed E-state index contributed by atoms with van der Waals surface area (Å²) in [5.41, 5.74) is 1.31. The number of aromatic nitrogens is 3. The first-order valence-electron chi connectivity index (χ1n) is 8.06. The predicted molar refractivity (Wildman–Crippen MR) is 99.1 cm³/mol. The minimum atomic E-state index is -0.493. The van der Waals surface area contributed by atoms with Crippen molar-refractivity contribution in [3.63, 3.8) is 0 Å². The number of rotatable bonds is 6. The molecule has 136 valence electrons. The highest BCUT2D eigenvalue weighted by molar-refractivity contribution is 7.18. The number of amides is 1. The van der Waals surface area contributed by atoms with Gasteiger partial charge in [-0.05, 0) is 18.6 Å². The minimum Gasteiger partial charge on any atom is -0.462 e. The van der Waals surface area contributed by atoms with Crippen LogP contribution in [-0.4, -0.2) is 33.2 Å². The molecule has 2 heterocycles. The van der Waals surface area contributed by atoms with Crippen LogP contribution in [0.4, 0.5) is 5.69 Å². The van der Waals surface area contributed by atoms with Gasteiger partial charge in [0.15, 0.2) is 0 Å². The average Bonchev–Trinajstić information content (AvgIpc) is 3.29. The maximum Gasteiger partial charge on any atom is 0.350 e. The van der Waals surface area contributed by atoms with Gasteiger partial charge in [0.25, 0.3) is 5.82 Å². The number of thiophene rings is 1. The lowest BCUT2D eigenvalue weighted by Crippen LogP contribution is -2.20. The SMILES string of the molecule is CCOC(=O)c1sc(-c2ccccc2)cc1NC(=O)Cn1cnc(C#N)n1. The number of anilines is 1. The number of benzene rings is 1. The standard InChI is InChI=1S/C18H15N5O3S/c1-2-26-18(25)17-13(8-14(27-17)12-6-4-3-5-7-12)21-16(24)10-23-11-20-15(9-19)22-23/h3-8,11H,2,10H2,1H3,(H,21,24). The van der Waals surface area contributed by atoms with E-state index >= 15 is 0 Å². The molecule has 9 heteroatoms. The van der Waals surface area contributed by atoms with Gasteiger partial charge in [0.05, 0.1) is 12.3 Å². The first-order chi connectivity index (χ1) is 13.1. The normalized spacial score (nSPS) is 10.2. The second kappa shape index (κ2) is 8.25. The fourth-order valence-corrected chi connectivity index (χ4v) is 3.35. The Kier molecular flexibility index (Phi) is 5.58. The predicted octanol–water partition coefficient (Wildman–Crippen LogP) is 2.69. The van der Waals surface area contributed by atoms with Crippen molar-refractivity contribution in [3.05, 3.63) is 53.4 Å². The molecule has 1 N–H and O–H groups in total. The highest BCUT2D eigenvalue weighted by Crippen LogP contribution is 2.35. The van der Waals surface area contributed by atoms with E-state index in [9.17, 15) is 9.59 Å². The number of carbonyl (C=O) groups is 2. The summed E-state index contributed by atoms with van der Waals surface area (Å²) >= 11 is 1.25. The van der Waals surface area contributed by atoms with Crippen LogP contribution in [0.2, 0.25) is 0 Å². The Bertz CT molecular complexity index is 1000. The van der Waals surface area contributed by atoms with Gasteiger partial charge < -0.3 is 10.1 Å². The molecule has 8 nitrogen and oxygen atoms in total. The lowest BCUT2D eigenvalue weighted by atomic mass is 10.2. The van der Waals surface area contributed by atoms with Gasteiger partial charge in [-0.1, -0.05) is 30.3 Å². The monoisotopic (exact) mass is 381 g/mol. The van der Waals surface area contributed by atoms with E-state index in [1.165, 1.54) is 22.3 Å². The zero-order valence-corrected chi connectivity index (χ0v) is 15.2. The second-order valence-corrected chi connectivity index (χ2v) is 6.42. The fourth-order valence-electron chi connectivity index (χ4n) is 2.34. The van der Waals surface area contributed by atoms with Gasteiger partial charge in [0, 0.05) is 4.88 Å². The third-order valence-corrected chi connectivity index (χ3v) is 4.63. The molecule has 0 saturated carbocycles. The maximum atomic E-state index is 12.3. The Morgan fingerprint density at radius 3 is 2.78 bits per heavy atom. The molecule has 1 aromatic carbocycles. The number of ether oxygens (including phenoxy) is 1. The summed E-state index contributed by atoms with van der Waals surface area (Å²) in [6.07, 6.45) is 1.30. The van der Waals surface area contributed by atoms with E-state index in [-0.39, 0.29) is 19.0 Å². The van der Waals surface area contributed by atoms with Gasteiger partial charge in [0.1, 0.15) is 23.8 Å². The van der Waals surface area contributed by atoms with Gasteiger partial charge in [-0.25, -0.2) is 14.5 Å². The molecule has 0 aliphatic carbocycles. The summed E-state index contributed by atoms with van der Waals surface area (Å²) in [6.45, 7) is 1.83. The lowest BCUT2D eigenvalue weighted by Gasteiger charge is -2.06. The van der Waals surface area contributed by atoms with Gasteiger partial charge in [-0.2, -0.15) is 5.26 Å². The van der Waals surface area contributed by atoms with Crippen molar-refractivity contribution in [1.82, 2.24) is 14.8 Å². The summed E-state index contributed by atoms with van der Waals surface area (Å²) in [6, 6.07) is 13.1. The molecule has 0 aliphatic rings. The molecule has 0 radical (unpaired) electrons. The van der Waals surface area contributed by atoms with Crippen molar-refractivity contribution in [2.45, 2.75) is 13.5 Å². The largest absolute Gasteiger partial charge is 0.462 e. The Balaban J connectivity index is 1.84. The van der Waals surface area contributed by atoms with Crippen LogP contribution >= 0.6 is 11.3 Å². The molecule has 0 atom stereocenters. The number of hydrogen-bond donors (Lipinski definition) is 1. The van der Waals surface area contributed by atoms with Crippen LogP contribution in [0, 0.1) is 11.3 Å². The maximum absolute atomic E-state index is 12.3. The molecule has 0 aliphatic heterocycles. The molecule has 27 heavy (non-hydrogen) atoms. The molecular weight excluding hydrogens is 366 g/mol. The number of nitriles is 1. The molecule has 0 bridgehead atoms. The number of esters is 1. The molecule has 0 saturated heterocycles. The van der Waals surface area contributed by atoms with E-state index in [1.807, 2.05) is 30.3 Å². The third-order valence-electron chi connectivity index (χ3n) is 3.47. The third kappa shape index (κ3) is 4.37. The zero-order valence-electron chi connectivity index (χ0n) is 14.4. The summed E-state index contributed by atoms with van der Waals surface area (Å²) in [5, 5.41) is 15.3. The Hall–Kier alpha value is -3.51. The van der Waals surface area contributed by atoms with Crippen molar-refractivity contribution in [1.29, 1.82) is 5.26 Å². The van der Waals surface area contributed by atoms with Crippen molar-refractivity contribution in [2.24, 2.45) is 0 Å². The highest BCUT2D eigenvalue weighted by atomic mass is 32.1. The van der Waals surface area contributed by atoms with Crippen LogP contribution in [0.25, 0.3) is 10.4 Å². The summed E-state index contributed by atoms with van der Waals surface area (Å²) in [5.74, 6) is -0.906. The molecule has 0 fully saturated rings. The van der Waals surface area contributed by atoms with E-state index in [0.717, 1.165) is 10.4 Å². The molecule has 3 rings (SSSR count). The van der Waals surface area contributed by atoms with E-state index in [2.05, 4.69) is 15.4 Å². The van der Waals surface area contributed by atoms with Crippen molar-refractivity contribution >= 4 is 28.9 Å². The van der Waals surface area contributed by atoms with Crippen molar-refractivity contribution < 1.29 is 14.3 Å². The van der Waals surface area contributed by atoms with E-state index in [1.54, 1.807) is 19.1 Å². The van der Waals surface area contributed by atoms with Crippen LogP contribution in [0.3, 0.4) is 0 Å². The van der Waals surface area contributed by atoms with Crippen LogP contribution < -0.4 is 5.32 Å². The Morgan fingerprint density at radius 1 is 1.33 bits per heavy atom. The van der Waals surface area contributed by atoms with Gasteiger partial charge >= 0.3 is 5.97 Å². The Labute approximate surface area is 159 Å². The molecule has 1 amide bonds. The molecule has 0 spiro atoms. The number of nitrogens with zero attached hydrogens (tertiary/aromatic N) is 4. The average molecular weight is 381 g/mol. The van der Waals surface area contributed by atoms with Crippen LogP contribution in [0.1, 0.15) is 22.4 Å². The van der Waals surface area contributed by atoms with Crippen molar-refractivity contribution in [2.75, 3.05) is 11.9 Å². The quantitative estimate of drug-likeness (QED) is 0.658. The Morgan fingerprint density at radius 2 is 2.11 bits per heavy atom. The molecule has 2 aromatic heterocycles. The number of nitrogens with one attached hydrogen (secondary N) is 1. The van der Waals surface area contributed by atoms with Crippen LogP contribution in [-0.2, 0) is 16.1 Å². The lowest BCUT2D eigenvalue weighted by molar-refractivity contribution is -0.116. The number of carbonyl (C=O) groups excluding carboxylic acids is 2. The van der Waals surface area contributed by atoms with Gasteiger partial charge in [0.2, 0.25) is 5.91 Å². The van der Waals surface area contributed by atoms with Crippen LogP contribution in [0.15, 0.2) is 42.7 Å². The first kappa shape index (κ1) is 18.3. The zero-order chi connectivity index (χ0) is 19.2. The van der Waals surface area contributed by atoms with E-state index in [0.29, 0.717) is 10.6 Å². The summed E-state index contributed by atoms with van der Waals surface area (Å²) < 4.78 is 6.34. The van der Waals surface area contributed by atoms with Crippen LogP contribution in [0.5, 0.6) is 0 Å². The topological polar surface area (TPSA) is 110 Å². The van der Waals surface area contributed by atoms with E-state index < -0.39 is 11.9 Å². The summed E-state index contributed by atoms with van der Waals surface area (Å²) in [4.78, 5) is 29.5. The second-order valence-electron chi connectivity index (χ2n) is 5.37. The fraction of sp³-hybridized carbons (Fsp3) is 0.167. The molecule has 3 aromatic rings.